The number of nitro benzene ring substituents is 1. The number of non-ortho nitro benzene ring substituents is 1. The molecule has 0 heterocycles. The van der Waals surface area contributed by atoms with Crippen LogP contribution in [0.15, 0.2) is 36.4 Å². The molecule has 0 radical (unpaired) electrons. The predicted octanol–water partition coefficient (Wildman–Crippen LogP) is 3.68. The van der Waals surface area contributed by atoms with Crippen molar-refractivity contribution in [2.24, 2.45) is 0 Å². The molecule has 0 aromatic heterocycles. The molecule has 2 aromatic carbocycles. The number of carbonyl (C=O) groups excluding carboxylic acids is 1. The molecule has 0 saturated heterocycles. The summed E-state index contributed by atoms with van der Waals surface area (Å²) in [5.41, 5.74) is 2.14. The second kappa shape index (κ2) is 8.76. The Bertz CT molecular complexity index is 888. The first-order valence-electron chi connectivity index (χ1n) is 8.14. The molecular weight excluding hydrogens is 353 g/mol. The number of anilines is 1. The number of nitriles is 1. The number of amides is 1. The molecule has 0 fully saturated rings. The second-order valence-electron chi connectivity index (χ2n) is 5.96. The van der Waals surface area contributed by atoms with E-state index in [1.165, 1.54) is 4.90 Å². The van der Waals surface area contributed by atoms with Crippen molar-refractivity contribution < 1.29 is 18.8 Å². The summed E-state index contributed by atoms with van der Waals surface area (Å²) in [7, 11) is 0. The molecule has 7 nitrogen and oxygen atoms in total. The lowest BCUT2D eigenvalue weighted by molar-refractivity contribution is -0.385. The Labute approximate surface area is 155 Å². The number of carbonyl (C=O) groups is 1. The van der Waals surface area contributed by atoms with Crippen molar-refractivity contribution in [1.82, 2.24) is 0 Å². The van der Waals surface area contributed by atoms with E-state index in [9.17, 15) is 19.3 Å². The average molecular weight is 371 g/mol. The van der Waals surface area contributed by atoms with Gasteiger partial charge in [-0.05, 0) is 43.2 Å². The maximum atomic E-state index is 13.9. The maximum absolute atomic E-state index is 13.9. The molecule has 1 amide bonds. The minimum atomic E-state index is -0.924. The molecule has 0 aliphatic rings. The van der Waals surface area contributed by atoms with E-state index in [0.29, 0.717) is 5.69 Å². The van der Waals surface area contributed by atoms with Crippen molar-refractivity contribution in [3.8, 4) is 11.8 Å². The van der Waals surface area contributed by atoms with E-state index in [2.05, 4.69) is 0 Å². The van der Waals surface area contributed by atoms with Crippen LogP contribution in [0.5, 0.6) is 5.75 Å². The van der Waals surface area contributed by atoms with Crippen LogP contribution >= 0.6 is 0 Å². The lowest BCUT2D eigenvalue weighted by Crippen LogP contribution is -2.36. The van der Waals surface area contributed by atoms with Crippen molar-refractivity contribution in [3.05, 3.63) is 63.5 Å². The fourth-order valence-electron chi connectivity index (χ4n) is 2.60. The highest BCUT2D eigenvalue weighted by atomic mass is 19.1. The quantitative estimate of drug-likeness (QED) is 0.546. The lowest BCUT2D eigenvalue weighted by Gasteiger charge is -2.23. The summed E-state index contributed by atoms with van der Waals surface area (Å²) in [4.78, 5) is 23.9. The molecule has 0 aliphatic heterocycles. The monoisotopic (exact) mass is 371 g/mol. The molecule has 2 aromatic rings. The van der Waals surface area contributed by atoms with Crippen LogP contribution in [0.25, 0.3) is 0 Å². The lowest BCUT2D eigenvalue weighted by atomic mass is 10.1. The summed E-state index contributed by atoms with van der Waals surface area (Å²) in [6.45, 7) is 3.50. The molecule has 0 atom stereocenters. The minimum Gasteiger partial charge on any atom is -0.481 e. The normalized spacial score (nSPS) is 10.1. The zero-order valence-electron chi connectivity index (χ0n) is 14.9. The first-order chi connectivity index (χ1) is 12.8. The second-order valence-corrected chi connectivity index (χ2v) is 5.96. The van der Waals surface area contributed by atoms with Crippen molar-refractivity contribution in [2.45, 2.75) is 20.3 Å². The third-order valence-electron chi connectivity index (χ3n) is 3.74. The first-order valence-corrected chi connectivity index (χ1v) is 8.14. The number of aryl methyl sites for hydroxylation is 2. The molecule has 0 N–H and O–H groups in total. The number of nitrogens with zero attached hydrogens (tertiary/aromatic N) is 3. The van der Waals surface area contributed by atoms with Gasteiger partial charge >= 0.3 is 0 Å². The summed E-state index contributed by atoms with van der Waals surface area (Å²) in [5.74, 6) is -1.63. The van der Waals surface area contributed by atoms with Gasteiger partial charge in [-0.2, -0.15) is 5.26 Å². The average Bonchev–Trinajstić information content (AvgIpc) is 2.60. The van der Waals surface area contributed by atoms with Gasteiger partial charge in [0.25, 0.3) is 11.6 Å². The molecular formula is C19H18FN3O4. The largest absolute Gasteiger partial charge is 0.481 e. The Kier molecular flexibility index (Phi) is 6.44. The van der Waals surface area contributed by atoms with Gasteiger partial charge in [-0.3, -0.25) is 14.9 Å². The van der Waals surface area contributed by atoms with Gasteiger partial charge in [0.2, 0.25) is 0 Å². The number of ether oxygens (including phenoxy) is 1. The molecule has 8 heteroatoms. The van der Waals surface area contributed by atoms with Crippen molar-refractivity contribution >= 4 is 17.3 Å². The van der Waals surface area contributed by atoms with Gasteiger partial charge in [0.1, 0.15) is 0 Å². The highest BCUT2D eigenvalue weighted by molar-refractivity contribution is 5.94. The molecule has 140 valence electrons. The van der Waals surface area contributed by atoms with Crippen molar-refractivity contribution in [3.63, 3.8) is 0 Å². The van der Waals surface area contributed by atoms with E-state index < -0.39 is 28.9 Å². The van der Waals surface area contributed by atoms with E-state index in [1.54, 1.807) is 0 Å². The van der Waals surface area contributed by atoms with Crippen LogP contribution in [-0.2, 0) is 4.79 Å². The van der Waals surface area contributed by atoms with Gasteiger partial charge in [-0.15, -0.1) is 0 Å². The fourth-order valence-corrected chi connectivity index (χ4v) is 2.60. The Hall–Kier alpha value is -3.47. The Morgan fingerprint density at radius 2 is 1.93 bits per heavy atom. The van der Waals surface area contributed by atoms with Crippen LogP contribution in [-0.4, -0.2) is 24.0 Å². The van der Waals surface area contributed by atoms with E-state index in [1.807, 2.05) is 38.1 Å². The standard InChI is InChI=1S/C19H18FN3O4/c1-13-8-14(2)10-16(9-13)22(7-3-6-21)19(24)12-27-18-5-4-15(23(25)26)11-17(18)20/h4-5,8-11H,3,7,12H2,1-2H3. The van der Waals surface area contributed by atoms with Crippen LogP contribution in [0.2, 0.25) is 0 Å². The molecule has 0 spiro atoms. The summed E-state index contributed by atoms with van der Waals surface area (Å²) in [6, 6.07) is 10.5. The number of halogens is 1. The zero-order chi connectivity index (χ0) is 20.0. The third kappa shape index (κ3) is 5.25. The maximum Gasteiger partial charge on any atom is 0.272 e. The summed E-state index contributed by atoms with van der Waals surface area (Å²) in [6.07, 6.45) is 0.130. The Morgan fingerprint density at radius 1 is 1.26 bits per heavy atom. The summed E-state index contributed by atoms with van der Waals surface area (Å²) >= 11 is 0. The molecule has 0 bridgehead atoms. The van der Waals surface area contributed by atoms with Crippen LogP contribution in [0, 0.1) is 41.1 Å². The molecule has 27 heavy (non-hydrogen) atoms. The minimum absolute atomic E-state index is 0.130. The summed E-state index contributed by atoms with van der Waals surface area (Å²) in [5, 5.41) is 19.5. The number of hydrogen-bond acceptors (Lipinski definition) is 5. The van der Waals surface area contributed by atoms with Crippen molar-refractivity contribution in [2.75, 3.05) is 18.1 Å². The third-order valence-corrected chi connectivity index (χ3v) is 3.74. The highest BCUT2D eigenvalue weighted by Gasteiger charge is 2.18. The highest BCUT2D eigenvalue weighted by Crippen LogP contribution is 2.23. The van der Waals surface area contributed by atoms with Crippen molar-refractivity contribution in [1.29, 1.82) is 5.26 Å². The molecule has 0 saturated carbocycles. The Morgan fingerprint density at radius 3 is 2.48 bits per heavy atom. The topological polar surface area (TPSA) is 96.5 Å². The molecule has 2 rings (SSSR count). The molecule has 0 aliphatic carbocycles. The van der Waals surface area contributed by atoms with Gasteiger partial charge in [0.05, 0.1) is 23.5 Å². The van der Waals surface area contributed by atoms with Crippen LogP contribution in [0.3, 0.4) is 0 Å². The van der Waals surface area contributed by atoms with E-state index in [-0.39, 0.29) is 18.7 Å². The molecule has 0 unspecified atom stereocenters. The van der Waals surface area contributed by atoms with E-state index in [0.717, 1.165) is 29.3 Å². The number of benzene rings is 2. The van der Waals surface area contributed by atoms with Crippen LogP contribution < -0.4 is 9.64 Å². The van der Waals surface area contributed by atoms with Gasteiger partial charge < -0.3 is 9.64 Å². The predicted molar refractivity (Wildman–Crippen MR) is 97.0 cm³/mol. The fraction of sp³-hybridized carbons (Fsp3) is 0.263. The SMILES string of the molecule is Cc1cc(C)cc(N(CCC#N)C(=O)COc2ccc([N+](=O)[O-])cc2F)c1. The van der Waals surface area contributed by atoms with Gasteiger partial charge in [-0.25, -0.2) is 4.39 Å². The van der Waals surface area contributed by atoms with Gasteiger partial charge in [0.15, 0.2) is 18.2 Å². The Balaban J connectivity index is 2.16. The van der Waals surface area contributed by atoms with Crippen LogP contribution in [0.1, 0.15) is 17.5 Å². The first kappa shape index (κ1) is 19.8. The number of nitro groups is 1. The zero-order valence-corrected chi connectivity index (χ0v) is 14.9. The number of rotatable bonds is 7. The van der Waals surface area contributed by atoms with Gasteiger partial charge in [-0.1, -0.05) is 6.07 Å². The van der Waals surface area contributed by atoms with E-state index in [4.69, 9.17) is 10.00 Å². The van der Waals surface area contributed by atoms with Crippen LogP contribution in [0.4, 0.5) is 15.8 Å². The smallest absolute Gasteiger partial charge is 0.272 e. The summed E-state index contributed by atoms with van der Waals surface area (Å²) < 4.78 is 19.1. The number of hydrogen-bond donors (Lipinski definition) is 0. The van der Waals surface area contributed by atoms with E-state index >= 15 is 0 Å². The van der Waals surface area contributed by atoms with Gasteiger partial charge in [0, 0.05) is 18.3 Å².